The molecule has 1 unspecified atom stereocenters. The van der Waals surface area contributed by atoms with Gasteiger partial charge in [-0.15, -0.1) is 0 Å². The highest BCUT2D eigenvalue weighted by Crippen LogP contribution is 2.30. The van der Waals surface area contributed by atoms with Crippen molar-refractivity contribution in [3.63, 3.8) is 0 Å². The van der Waals surface area contributed by atoms with Crippen LogP contribution in [0.3, 0.4) is 0 Å². The Kier molecular flexibility index (Phi) is 6.74. The van der Waals surface area contributed by atoms with Gasteiger partial charge in [-0.2, -0.15) is 0 Å². The van der Waals surface area contributed by atoms with Crippen LogP contribution in [-0.2, 0) is 0 Å². The zero-order chi connectivity index (χ0) is 22.7. The lowest BCUT2D eigenvalue weighted by Gasteiger charge is -2.29. The van der Waals surface area contributed by atoms with E-state index in [1.165, 1.54) is 11.1 Å². The summed E-state index contributed by atoms with van der Waals surface area (Å²) < 4.78 is 0. The van der Waals surface area contributed by atoms with Gasteiger partial charge in [0.2, 0.25) is 0 Å². The first-order valence-electron chi connectivity index (χ1n) is 10.8. The van der Waals surface area contributed by atoms with Crippen molar-refractivity contribution in [1.29, 1.82) is 0 Å². The molecule has 0 spiro atoms. The van der Waals surface area contributed by atoms with E-state index in [2.05, 4.69) is 65.8 Å². The third-order valence-electron chi connectivity index (χ3n) is 5.70. The van der Waals surface area contributed by atoms with Gasteiger partial charge in [0.05, 0.1) is 18.1 Å². The molecule has 3 rings (SSSR count). The van der Waals surface area contributed by atoms with Gasteiger partial charge >= 0.3 is 0 Å². The molecule has 0 aliphatic heterocycles. The van der Waals surface area contributed by atoms with Gasteiger partial charge < -0.3 is 4.90 Å². The molecule has 0 amide bonds. The summed E-state index contributed by atoms with van der Waals surface area (Å²) in [6, 6.07) is 17.7. The third kappa shape index (κ3) is 4.93. The van der Waals surface area contributed by atoms with Gasteiger partial charge in [0, 0.05) is 11.3 Å². The van der Waals surface area contributed by atoms with E-state index < -0.39 is 6.04 Å². The third-order valence-corrected chi connectivity index (χ3v) is 5.70. The number of ketones is 1. The molecule has 0 aliphatic rings. The fourth-order valence-electron chi connectivity index (χ4n) is 4.40. The Morgan fingerprint density at radius 1 is 0.806 bits per heavy atom. The fraction of sp³-hybridized carbons (Fsp3) is 0.286. The Morgan fingerprint density at radius 2 is 1.29 bits per heavy atom. The van der Waals surface area contributed by atoms with Gasteiger partial charge in [0.1, 0.15) is 0 Å². The van der Waals surface area contributed by atoms with Gasteiger partial charge in [0.25, 0.3) is 0 Å². The molecule has 3 heteroatoms. The minimum absolute atomic E-state index is 0.0729. The van der Waals surface area contributed by atoms with Gasteiger partial charge in [-0.1, -0.05) is 65.7 Å². The average molecular weight is 413 g/mol. The maximum Gasteiger partial charge on any atom is 0.185 e. The van der Waals surface area contributed by atoms with Crippen molar-refractivity contribution >= 4 is 23.5 Å². The quantitative estimate of drug-likeness (QED) is 0.249. The lowest BCUT2D eigenvalue weighted by molar-refractivity contribution is 0.0969. The highest BCUT2D eigenvalue weighted by Gasteiger charge is 2.24. The molecule has 160 valence electrons. The Morgan fingerprint density at radius 3 is 1.81 bits per heavy atom. The maximum absolute atomic E-state index is 13.3. The summed E-state index contributed by atoms with van der Waals surface area (Å²) in [7, 11) is 0. The molecule has 0 saturated carbocycles. The normalized spacial score (nSPS) is 12.2. The van der Waals surface area contributed by atoms with E-state index in [1.54, 1.807) is 0 Å². The predicted octanol–water partition coefficient (Wildman–Crippen LogP) is 6.97. The summed E-state index contributed by atoms with van der Waals surface area (Å²) >= 11 is 0. The van der Waals surface area contributed by atoms with Crippen molar-refractivity contribution < 1.29 is 4.79 Å². The van der Waals surface area contributed by atoms with E-state index in [-0.39, 0.29) is 5.78 Å². The van der Waals surface area contributed by atoms with Crippen molar-refractivity contribution in [3.05, 3.63) is 93.5 Å². The number of hydrogen-bond acceptors (Lipinski definition) is 2. The molecule has 1 atom stereocenters. The van der Waals surface area contributed by atoms with Crippen molar-refractivity contribution in [3.8, 4) is 0 Å². The van der Waals surface area contributed by atoms with E-state index in [1.807, 2.05) is 48.5 Å². The van der Waals surface area contributed by atoms with Gasteiger partial charge in [-0.3, -0.25) is 4.79 Å². The smallest absolute Gasteiger partial charge is 0.185 e. The summed E-state index contributed by atoms with van der Waals surface area (Å²) in [4.78, 5) is 20.2. The molecule has 3 aromatic rings. The number of aliphatic imine (C=N–C) groups is 1. The number of aryl methyl sites for hydroxylation is 6. The van der Waals surface area contributed by atoms with Crippen molar-refractivity contribution in [1.82, 2.24) is 0 Å². The minimum atomic E-state index is -0.391. The van der Waals surface area contributed by atoms with Gasteiger partial charge in [0.15, 0.2) is 5.78 Å². The second kappa shape index (κ2) is 9.30. The molecule has 31 heavy (non-hydrogen) atoms. The standard InChI is InChI=1S/C28H32N2O/c1-18-13-20(3)26(21(4)14-18)29-17-30(27-22(5)15-19(2)16-23(27)6)24(7)28(31)25-11-9-8-10-12-25/h8-17,24H,1-7H3. The van der Waals surface area contributed by atoms with Crippen LogP contribution >= 0.6 is 0 Å². The summed E-state index contributed by atoms with van der Waals surface area (Å²) in [6.07, 6.45) is 1.83. The fourth-order valence-corrected chi connectivity index (χ4v) is 4.40. The largest absolute Gasteiger partial charge is 0.321 e. The number of Topliss-reactive ketones (excluding diaryl/α,β-unsaturated/α-hetero) is 1. The van der Waals surface area contributed by atoms with Crippen molar-refractivity contribution in [2.75, 3.05) is 4.90 Å². The molecule has 0 aliphatic carbocycles. The first-order valence-corrected chi connectivity index (χ1v) is 10.8. The van der Waals surface area contributed by atoms with E-state index in [4.69, 9.17) is 4.99 Å². The van der Waals surface area contributed by atoms with E-state index in [9.17, 15) is 4.79 Å². The minimum Gasteiger partial charge on any atom is -0.321 e. The Hall–Kier alpha value is -3.20. The molecule has 3 aromatic carbocycles. The Balaban J connectivity index is 2.10. The zero-order valence-corrected chi connectivity index (χ0v) is 19.7. The van der Waals surface area contributed by atoms with Crippen LogP contribution in [0.1, 0.15) is 50.7 Å². The van der Waals surface area contributed by atoms with Gasteiger partial charge in [-0.25, -0.2) is 4.99 Å². The highest BCUT2D eigenvalue weighted by atomic mass is 16.1. The average Bonchev–Trinajstić information content (AvgIpc) is 2.70. The zero-order valence-electron chi connectivity index (χ0n) is 19.7. The predicted molar refractivity (Wildman–Crippen MR) is 132 cm³/mol. The topological polar surface area (TPSA) is 32.7 Å². The molecule has 0 fully saturated rings. The molecule has 0 N–H and O–H groups in total. The van der Waals surface area contributed by atoms with Crippen LogP contribution in [0.15, 0.2) is 59.6 Å². The number of anilines is 1. The number of hydrogen-bond donors (Lipinski definition) is 0. The second-order valence-corrected chi connectivity index (χ2v) is 8.55. The summed E-state index contributed by atoms with van der Waals surface area (Å²) in [5.74, 6) is 0.0729. The summed E-state index contributed by atoms with van der Waals surface area (Å²) in [5.41, 5.74) is 9.67. The van der Waals surface area contributed by atoms with Crippen molar-refractivity contribution in [2.24, 2.45) is 4.99 Å². The number of rotatable bonds is 6. The van der Waals surface area contributed by atoms with E-state index in [0.29, 0.717) is 5.56 Å². The first kappa shape index (κ1) is 22.5. The lowest BCUT2D eigenvalue weighted by Crippen LogP contribution is -2.39. The van der Waals surface area contributed by atoms with Crippen LogP contribution in [-0.4, -0.2) is 18.2 Å². The molecule has 0 aromatic heterocycles. The molecule has 3 nitrogen and oxygen atoms in total. The summed E-state index contributed by atoms with van der Waals surface area (Å²) in [6.45, 7) is 14.5. The molecule has 0 bridgehead atoms. The van der Waals surface area contributed by atoms with Crippen molar-refractivity contribution in [2.45, 2.75) is 54.5 Å². The Bertz CT molecular complexity index is 1080. The SMILES string of the molecule is Cc1cc(C)c(N=CN(c2c(C)cc(C)cc2C)C(C)C(=O)c2ccccc2)c(C)c1. The lowest BCUT2D eigenvalue weighted by atomic mass is 10.00. The molecule has 0 radical (unpaired) electrons. The second-order valence-electron chi connectivity index (χ2n) is 8.55. The molecule has 0 saturated heterocycles. The number of benzene rings is 3. The summed E-state index contributed by atoms with van der Waals surface area (Å²) in [5, 5.41) is 0. The highest BCUT2D eigenvalue weighted by molar-refractivity contribution is 6.05. The monoisotopic (exact) mass is 412 g/mol. The van der Waals surface area contributed by atoms with Crippen LogP contribution in [0.4, 0.5) is 11.4 Å². The number of nitrogens with zero attached hydrogens (tertiary/aromatic N) is 2. The molecule has 0 heterocycles. The van der Waals surface area contributed by atoms with Crippen LogP contribution in [0, 0.1) is 41.5 Å². The number of carbonyl (C=O) groups is 1. The van der Waals surface area contributed by atoms with E-state index in [0.717, 1.165) is 33.6 Å². The van der Waals surface area contributed by atoms with Gasteiger partial charge in [-0.05, 0) is 70.7 Å². The Labute approximate surface area is 186 Å². The van der Waals surface area contributed by atoms with Crippen LogP contribution in [0.25, 0.3) is 0 Å². The first-order chi connectivity index (χ1) is 14.7. The molecular weight excluding hydrogens is 380 g/mol. The van der Waals surface area contributed by atoms with E-state index >= 15 is 0 Å². The number of carbonyl (C=O) groups excluding carboxylic acids is 1. The maximum atomic E-state index is 13.3. The van der Waals surface area contributed by atoms with Crippen LogP contribution < -0.4 is 4.90 Å². The van der Waals surface area contributed by atoms with Crippen LogP contribution in [0.5, 0.6) is 0 Å². The van der Waals surface area contributed by atoms with Crippen LogP contribution in [0.2, 0.25) is 0 Å². The molecular formula is C28H32N2O.